The smallest absolute Gasteiger partial charge is 0.0318 e. The first kappa shape index (κ1) is 16.8. The fraction of sp³-hybridized carbons (Fsp3) is 1.00. The molecule has 5 rings (SSSR count). The van der Waals surface area contributed by atoms with E-state index in [0.29, 0.717) is 0 Å². The zero-order chi connectivity index (χ0) is 16.0. The van der Waals surface area contributed by atoms with Gasteiger partial charge in [0, 0.05) is 0 Å². The molecule has 0 radical (unpaired) electrons. The molecule has 0 nitrogen and oxygen atoms in total. The van der Waals surface area contributed by atoms with Crippen molar-refractivity contribution in [2.45, 2.75) is 80.1 Å². The van der Waals surface area contributed by atoms with E-state index in [1.807, 2.05) is 27.7 Å². The van der Waals surface area contributed by atoms with Crippen LogP contribution in [0.25, 0.3) is 0 Å². The van der Waals surface area contributed by atoms with Gasteiger partial charge in [0.1, 0.15) is 0 Å². The standard InChI is InChI=1S/C18H28.2C2H6/c1-9-10(2)14-7-13(9)17-15-8-16(18(14)17)12-6-4-3-5-11(12)15;2*1-2/h9-18H,3-8H2,1-2H3;2*1-2H3. The third-order valence-corrected chi connectivity index (χ3v) is 8.67. The number of rotatable bonds is 0. The largest absolute Gasteiger partial charge is 0.0683 e. The van der Waals surface area contributed by atoms with Crippen LogP contribution < -0.4 is 0 Å². The summed E-state index contributed by atoms with van der Waals surface area (Å²) < 4.78 is 0. The fourth-order valence-corrected chi connectivity index (χ4v) is 8.12. The molecular weight excluding hydrogens is 264 g/mol. The average molecular weight is 305 g/mol. The van der Waals surface area contributed by atoms with Crippen LogP contribution in [0, 0.1) is 59.2 Å². The van der Waals surface area contributed by atoms with Crippen molar-refractivity contribution in [3.63, 3.8) is 0 Å². The van der Waals surface area contributed by atoms with Gasteiger partial charge in [-0.2, -0.15) is 0 Å². The zero-order valence-corrected chi connectivity index (χ0v) is 16.0. The highest BCUT2D eigenvalue weighted by molar-refractivity contribution is 5.16. The molecule has 5 fully saturated rings. The van der Waals surface area contributed by atoms with Crippen molar-refractivity contribution in [1.82, 2.24) is 0 Å². The van der Waals surface area contributed by atoms with Gasteiger partial charge in [0.15, 0.2) is 0 Å². The van der Waals surface area contributed by atoms with Gasteiger partial charge < -0.3 is 0 Å². The van der Waals surface area contributed by atoms with E-state index in [-0.39, 0.29) is 0 Å². The molecule has 5 saturated carbocycles. The average Bonchev–Trinajstić information content (AvgIpc) is 3.31. The minimum absolute atomic E-state index is 1.05. The van der Waals surface area contributed by atoms with Crippen molar-refractivity contribution in [2.24, 2.45) is 59.2 Å². The van der Waals surface area contributed by atoms with Crippen LogP contribution >= 0.6 is 0 Å². The molecule has 0 heteroatoms. The first-order chi connectivity index (χ1) is 10.8. The van der Waals surface area contributed by atoms with E-state index < -0.39 is 0 Å². The Morgan fingerprint density at radius 2 is 0.864 bits per heavy atom. The molecule has 128 valence electrons. The Morgan fingerprint density at radius 3 is 1.27 bits per heavy atom. The van der Waals surface area contributed by atoms with Crippen molar-refractivity contribution < 1.29 is 0 Å². The van der Waals surface area contributed by atoms with E-state index in [1.54, 1.807) is 38.5 Å². The van der Waals surface area contributed by atoms with Gasteiger partial charge >= 0.3 is 0 Å². The maximum Gasteiger partial charge on any atom is -0.0318 e. The molecule has 5 aliphatic carbocycles. The Labute approximate surface area is 139 Å². The lowest BCUT2D eigenvalue weighted by molar-refractivity contribution is -0.00246. The number of hydrogen-bond donors (Lipinski definition) is 0. The fourth-order valence-electron chi connectivity index (χ4n) is 8.12. The molecule has 4 bridgehead atoms. The van der Waals surface area contributed by atoms with Crippen molar-refractivity contribution in [1.29, 1.82) is 0 Å². The maximum absolute atomic E-state index is 2.58. The summed E-state index contributed by atoms with van der Waals surface area (Å²) in [5.74, 6) is 11.6. The summed E-state index contributed by atoms with van der Waals surface area (Å²) in [5, 5.41) is 0. The third-order valence-electron chi connectivity index (χ3n) is 8.67. The van der Waals surface area contributed by atoms with Gasteiger partial charge in [-0.1, -0.05) is 54.4 Å². The van der Waals surface area contributed by atoms with E-state index in [1.165, 1.54) is 35.5 Å². The molecule has 0 N–H and O–H groups in total. The molecule has 0 aliphatic heterocycles. The van der Waals surface area contributed by atoms with Crippen LogP contribution in [0.5, 0.6) is 0 Å². The van der Waals surface area contributed by atoms with Crippen LogP contribution in [0.3, 0.4) is 0 Å². The molecule has 0 saturated heterocycles. The second-order valence-electron chi connectivity index (χ2n) is 8.61. The lowest BCUT2D eigenvalue weighted by Gasteiger charge is -2.48. The van der Waals surface area contributed by atoms with Gasteiger partial charge in [-0.05, 0) is 84.9 Å². The topological polar surface area (TPSA) is 0 Å². The Kier molecular flexibility index (Phi) is 4.96. The second-order valence-corrected chi connectivity index (χ2v) is 8.61. The van der Waals surface area contributed by atoms with E-state index in [9.17, 15) is 0 Å². The molecule has 0 aromatic rings. The maximum atomic E-state index is 2.58. The Balaban J connectivity index is 0.000000336. The highest BCUT2D eigenvalue weighted by Gasteiger charge is 2.68. The summed E-state index contributed by atoms with van der Waals surface area (Å²) in [6, 6.07) is 0. The van der Waals surface area contributed by atoms with E-state index in [4.69, 9.17) is 0 Å². The predicted molar refractivity (Wildman–Crippen MR) is 96.6 cm³/mol. The molecule has 0 aromatic heterocycles. The van der Waals surface area contributed by atoms with Crippen LogP contribution in [0.4, 0.5) is 0 Å². The SMILES string of the molecule is CC.CC.CC1C(C)C2CC1C1C3CC(C4CCCCC43)C21. The van der Waals surface area contributed by atoms with Crippen molar-refractivity contribution in [2.75, 3.05) is 0 Å². The summed E-state index contributed by atoms with van der Waals surface area (Å²) >= 11 is 0. The zero-order valence-electron chi connectivity index (χ0n) is 16.0. The molecule has 5 aliphatic rings. The highest BCUT2D eigenvalue weighted by atomic mass is 14.7. The van der Waals surface area contributed by atoms with Gasteiger partial charge in [0.2, 0.25) is 0 Å². The lowest BCUT2D eigenvalue weighted by atomic mass is 9.57. The van der Waals surface area contributed by atoms with Crippen LogP contribution in [-0.2, 0) is 0 Å². The Bertz CT molecular complexity index is 338. The predicted octanol–water partition coefficient (Wildman–Crippen LogP) is 6.65. The molecular formula is C22H40. The molecule has 0 amide bonds. The number of fused-ring (bicyclic) bond motifs is 12. The summed E-state index contributed by atoms with van der Waals surface area (Å²) in [4.78, 5) is 0. The quantitative estimate of drug-likeness (QED) is 0.439. The van der Waals surface area contributed by atoms with Crippen LogP contribution in [0.2, 0.25) is 0 Å². The normalized spacial score (nSPS) is 56.5. The minimum Gasteiger partial charge on any atom is -0.0683 e. The summed E-state index contributed by atoms with van der Waals surface area (Å²) in [6.07, 6.45) is 9.62. The van der Waals surface area contributed by atoms with Crippen LogP contribution in [-0.4, -0.2) is 0 Å². The van der Waals surface area contributed by atoms with Gasteiger partial charge in [-0.15, -0.1) is 0 Å². The molecule has 0 aromatic carbocycles. The van der Waals surface area contributed by atoms with E-state index in [0.717, 1.165) is 23.7 Å². The summed E-state index contributed by atoms with van der Waals surface area (Å²) in [7, 11) is 0. The minimum atomic E-state index is 1.05. The summed E-state index contributed by atoms with van der Waals surface area (Å²) in [5.41, 5.74) is 0. The van der Waals surface area contributed by atoms with Crippen molar-refractivity contribution >= 4 is 0 Å². The van der Waals surface area contributed by atoms with Crippen LogP contribution in [0.1, 0.15) is 80.1 Å². The molecule has 10 unspecified atom stereocenters. The van der Waals surface area contributed by atoms with Gasteiger partial charge in [0.05, 0.1) is 0 Å². The Morgan fingerprint density at radius 1 is 0.500 bits per heavy atom. The Hall–Kier alpha value is 0. The molecule has 10 atom stereocenters. The monoisotopic (exact) mass is 304 g/mol. The van der Waals surface area contributed by atoms with E-state index >= 15 is 0 Å². The van der Waals surface area contributed by atoms with Gasteiger partial charge in [-0.25, -0.2) is 0 Å². The van der Waals surface area contributed by atoms with Crippen molar-refractivity contribution in [3.05, 3.63) is 0 Å². The highest BCUT2D eigenvalue weighted by Crippen LogP contribution is 2.74. The third kappa shape index (κ3) is 2.07. The van der Waals surface area contributed by atoms with E-state index in [2.05, 4.69) is 13.8 Å². The first-order valence-corrected chi connectivity index (χ1v) is 10.8. The number of hydrogen-bond acceptors (Lipinski definition) is 0. The summed E-state index contributed by atoms with van der Waals surface area (Å²) in [6.45, 7) is 13.2. The second kappa shape index (κ2) is 6.48. The lowest BCUT2D eigenvalue weighted by Crippen LogP contribution is -2.43. The van der Waals surface area contributed by atoms with Crippen LogP contribution in [0.15, 0.2) is 0 Å². The molecule has 0 spiro atoms. The van der Waals surface area contributed by atoms with Crippen molar-refractivity contribution in [3.8, 4) is 0 Å². The molecule has 0 heterocycles. The van der Waals surface area contributed by atoms with Gasteiger partial charge in [-0.3, -0.25) is 0 Å². The first-order valence-electron chi connectivity index (χ1n) is 10.8. The van der Waals surface area contributed by atoms with Gasteiger partial charge in [0.25, 0.3) is 0 Å². The molecule has 22 heavy (non-hydrogen) atoms.